The van der Waals surface area contributed by atoms with Gasteiger partial charge < -0.3 is 14.6 Å². The summed E-state index contributed by atoms with van der Waals surface area (Å²) in [5.41, 5.74) is 3.01. The number of para-hydroxylation sites is 2. The first-order chi connectivity index (χ1) is 14.1. The number of nitrogens with one attached hydrogen (secondary N) is 1. The number of nitrogens with zero attached hydrogens (tertiary/aromatic N) is 2. The van der Waals surface area contributed by atoms with Gasteiger partial charge in [-0.3, -0.25) is 4.79 Å². The van der Waals surface area contributed by atoms with Gasteiger partial charge in [0.25, 0.3) is 0 Å². The Hall–Kier alpha value is -2.08. The van der Waals surface area contributed by atoms with E-state index < -0.39 is 0 Å². The second-order valence-corrected chi connectivity index (χ2v) is 8.08. The van der Waals surface area contributed by atoms with Gasteiger partial charge in [-0.05, 0) is 49.1 Å². The predicted octanol–water partition coefficient (Wildman–Crippen LogP) is 4.62. The number of amides is 1. The van der Waals surface area contributed by atoms with E-state index in [1.165, 1.54) is 0 Å². The van der Waals surface area contributed by atoms with Gasteiger partial charge in [0.05, 0.1) is 17.6 Å². The summed E-state index contributed by atoms with van der Waals surface area (Å²) in [6, 6.07) is 13.6. The number of hydrogen-bond donors (Lipinski definition) is 1. The molecule has 2 aromatic carbocycles. The Morgan fingerprint density at radius 3 is 2.90 bits per heavy atom. The lowest BCUT2D eigenvalue weighted by Crippen LogP contribution is -2.34. The Balaban J connectivity index is 1.47. The zero-order valence-electron chi connectivity index (χ0n) is 16.0. The van der Waals surface area contributed by atoms with Crippen LogP contribution in [0.25, 0.3) is 11.0 Å². The van der Waals surface area contributed by atoms with Gasteiger partial charge in [0.2, 0.25) is 5.91 Å². The number of ether oxygens (including phenoxy) is 1. The van der Waals surface area contributed by atoms with Crippen molar-refractivity contribution in [2.45, 2.75) is 38.3 Å². The second-order valence-electron chi connectivity index (χ2n) is 7.23. The molecule has 1 aliphatic rings. The van der Waals surface area contributed by atoms with E-state index in [9.17, 15) is 4.79 Å². The first-order valence-corrected chi connectivity index (χ1v) is 10.6. The number of aromatic nitrogens is 2. The highest BCUT2D eigenvalue weighted by Gasteiger charge is 2.23. The van der Waals surface area contributed by atoms with Crippen molar-refractivity contribution in [1.82, 2.24) is 14.9 Å². The molecule has 7 heteroatoms. The molecule has 1 aromatic heterocycles. The summed E-state index contributed by atoms with van der Waals surface area (Å²) in [5.74, 6) is 0.965. The minimum absolute atomic E-state index is 0.0102. The summed E-state index contributed by atoms with van der Waals surface area (Å²) >= 11 is 12.4. The molecule has 152 valence electrons. The Kier molecular flexibility index (Phi) is 6.38. The summed E-state index contributed by atoms with van der Waals surface area (Å²) in [6.45, 7) is 1.90. The van der Waals surface area contributed by atoms with E-state index in [-0.39, 0.29) is 12.0 Å². The van der Waals surface area contributed by atoms with Gasteiger partial charge in [-0.2, -0.15) is 0 Å². The van der Waals surface area contributed by atoms with Gasteiger partial charge in [-0.15, -0.1) is 0 Å². The van der Waals surface area contributed by atoms with E-state index in [4.69, 9.17) is 32.9 Å². The van der Waals surface area contributed by atoms with Gasteiger partial charge >= 0.3 is 0 Å². The first-order valence-electron chi connectivity index (χ1n) is 9.89. The van der Waals surface area contributed by atoms with Crippen molar-refractivity contribution in [3.63, 3.8) is 0 Å². The highest BCUT2D eigenvalue weighted by Crippen LogP contribution is 2.25. The third-order valence-electron chi connectivity index (χ3n) is 5.18. The largest absolute Gasteiger partial charge is 0.368 e. The zero-order valence-corrected chi connectivity index (χ0v) is 17.5. The highest BCUT2D eigenvalue weighted by molar-refractivity contribution is 6.35. The molecule has 1 amide bonds. The number of rotatable bonds is 7. The molecule has 1 N–H and O–H groups in total. The SMILES string of the molecule is O=C(NCCCc1nc2ccccc2n1Cc1ccc(Cl)cc1Cl)C1CCCO1. The monoisotopic (exact) mass is 431 g/mol. The molecule has 5 nitrogen and oxygen atoms in total. The summed E-state index contributed by atoms with van der Waals surface area (Å²) in [6.07, 6.45) is 3.03. The van der Waals surface area contributed by atoms with E-state index >= 15 is 0 Å². The van der Waals surface area contributed by atoms with Gasteiger partial charge in [0.1, 0.15) is 11.9 Å². The molecular formula is C22H23Cl2N3O2. The number of hydrogen-bond acceptors (Lipinski definition) is 3. The van der Waals surface area contributed by atoms with Crippen LogP contribution in [0.3, 0.4) is 0 Å². The van der Waals surface area contributed by atoms with Crippen molar-refractivity contribution >= 4 is 40.1 Å². The van der Waals surface area contributed by atoms with Crippen molar-refractivity contribution in [2.24, 2.45) is 0 Å². The minimum Gasteiger partial charge on any atom is -0.368 e. The Bertz CT molecular complexity index is 1010. The third-order valence-corrected chi connectivity index (χ3v) is 5.76. The number of carbonyl (C=O) groups excluding carboxylic acids is 1. The lowest BCUT2D eigenvalue weighted by atomic mass is 10.2. The lowest BCUT2D eigenvalue weighted by molar-refractivity contribution is -0.130. The van der Waals surface area contributed by atoms with Gasteiger partial charge in [0, 0.05) is 29.6 Å². The van der Waals surface area contributed by atoms with Crippen molar-refractivity contribution in [1.29, 1.82) is 0 Å². The molecule has 1 fully saturated rings. The molecule has 1 aliphatic heterocycles. The molecule has 4 rings (SSSR count). The smallest absolute Gasteiger partial charge is 0.249 e. The van der Waals surface area contributed by atoms with Crippen LogP contribution in [-0.4, -0.2) is 34.7 Å². The molecule has 2 heterocycles. The van der Waals surface area contributed by atoms with Crippen LogP contribution < -0.4 is 5.32 Å². The highest BCUT2D eigenvalue weighted by atomic mass is 35.5. The van der Waals surface area contributed by atoms with E-state index in [2.05, 4.69) is 16.0 Å². The number of aryl methyl sites for hydroxylation is 1. The maximum atomic E-state index is 12.1. The third kappa shape index (κ3) is 4.74. The van der Waals surface area contributed by atoms with E-state index in [1.54, 1.807) is 6.07 Å². The Morgan fingerprint density at radius 1 is 1.24 bits per heavy atom. The van der Waals surface area contributed by atoms with Crippen LogP contribution in [0.4, 0.5) is 0 Å². The quantitative estimate of drug-likeness (QED) is 0.555. The van der Waals surface area contributed by atoms with Crippen LogP contribution >= 0.6 is 23.2 Å². The fraction of sp³-hybridized carbons (Fsp3) is 0.364. The molecule has 1 unspecified atom stereocenters. The second kappa shape index (κ2) is 9.16. The average molecular weight is 432 g/mol. The van der Waals surface area contributed by atoms with Crippen LogP contribution in [0.5, 0.6) is 0 Å². The zero-order chi connectivity index (χ0) is 20.2. The minimum atomic E-state index is -0.286. The van der Waals surface area contributed by atoms with Crippen LogP contribution in [0.15, 0.2) is 42.5 Å². The summed E-state index contributed by atoms with van der Waals surface area (Å²) in [4.78, 5) is 16.9. The summed E-state index contributed by atoms with van der Waals surface area (Å²) < 4.78 is 7.61. The molecule has 1 atom stereocenters. The maximum Gasteiger partial charge on any atom is 0.249 e. The fourth-order valence-corrected chi connectivity index (χ4v) is 4.14. The van der Waals surface area contributed by atoms with Crippen LogP contribution in [0.1, 0.15) is 30.7 Å². The molecule has 0 saturated carbocycles. The molecule has 29 heavy (non-hydrogen) atoms. The number of benzene rings is 2. The van der Waals surface area contributed by atoms with E-state index in [1.807, 2.05) is 30.3 Å². The van der Waals surface area contributed by atoms with Crippen molar-refractivity contribution in [2.75, 3.05) is 13.2 Å². The van der Waals surface area contributed by atoms with Gasteiger partial charge in [0.15, 0.2) is 0 Å². The summed E-state index contributed by atoms with van der Waals surface area (Å²) in [5, 5.41) is 4.24. The standard InChI is InChI=1S/C22H23Cl2N3O2/c23-16-10-9-15(17(24)13-16)14-27-19-6-2-1-5-18(19)26-21(27)8-3-11-25-22(28)20-7-4-12-29-20/h1-2,5-6,9-10,13,20H,3-4,7-8,11-12,14H2,(H,25,28). The molecule has 0 aliphatic carbocycles. The molecule has 0 radical (unpaired) electrons. The van der Waals surface area contributed by atoms with Crippen molar-refractivity contribution in [3.8, 4) is 0 Å². The molecule has 3 aromatic rings. The predicted molar refractivity (Wildman–Crippen MR) is 116 cm³/mol. The van der Waals surface area contributed by atoms with Gasteiger partial charge in [-0.25, -0.2) is 4.98 Å². The number of fused-ring (bicyclic) bond motifs is 1. The van der Waals surface area contributed by atoms with Crippen molar-refractivity contribution in [3.05, 3.63) is 63.9 Å². The fourth-order valence-electron chi connectivity index (χ4n) is 3.67. The average Bonchev–Trinajstić information content (AvgIpc) is 3.36. The summed E-state index contributed by atoms with van der Waals surface area (Å²) in [7, 11) is 0. The van der Waals surface area contributed by atoms with Crippen LogP contribution in [0, 0.1) is 0 Å². The maximum absolute atomic E-state index is 12.1. The number of imidazole rings is 1. The van der Waals surface area contributed by atoms with Crippen molar-refractivity contribution < 1.29 is 9.53 Å². The molecular weight excluding hydrogens is 409 g/mol. The lowest BCUT2D eigenvalue weighted by Gasteiger charge is -2.12. The number of halogens is 2. The van der Waals surface area contributed by atoms with E-state index in [0.29, 0.717) is 29.7 Å². The molecule has 1 saturated heterocycles. The molecule has 0 bridgehead atoms. The van der Waals surface area contributed by atoms with E-state index in [0.717, 1.165) is 48.1 Å². The normalized spacial score (nSPS) is 16.4. The first kappa shape index (κ1) is 20.2. The van der Waals surface area contributed by atoms with Crippen LogP contribution in [0.2, 0.25) is 10.0 Å². The van der Waals surface area contributed by atoms with Crippen LogP contribution in [-0.2, 0) is 22.5 Å². The number of carbonyl (C=O) groups is 1. The molecule has 0 spiro atoms. The Morgan fingerprint density at radius 2 is 2.10 bits per heavy atom. The Labute approximate surface area is 180 Å². The topological polar surface area (TPSA) is 56.2 Å². The van der Waals surface area contributed by atoms with Gasteiger partial charge in [-0.1, -0.05) is 41.4 Å².